The number of anilines is 1. The van der Waals surface area contributed by atoms with Gasteiger partial charge in [-0.1, -0.05) is 29.8 Å². The molecule has 25 heavy (non-hydrogen) atoms. The van der Waals surface area contributed by atoms with Crippen LogP contribution in [0.5, 0.6) is 0 Å². The van der Waals surface area contributed by atoms with Gasteiger partial charge in [-0.25, -0.2) is 0 Å². The highest BCUT2D eigenvalue weighted by molar-refractivity contribution is 8.00. The average Bonchev–Trinajstić information content (AvgIpc) is 2.61. The molecule has 0 bridgehead atoms. The number of fused-ring (bicyclic) bond motifs is 1. The molecular weight excluding hydrogens is 332 g/mol. The van der Waals surface area contributed by atoms with Gasteiger partial charge in [-0.05, 0) is 44.5 Å². The molecule has 0 aliphatic carbocycles. The molecule has 130 valence electrons. The van der Waals surface area contributed by atoms with Crippen LogP contribution in [0.2, 0.25) is 0 Å². The van der Waals surface area contributed by atoms with Gasteiger partial charge in [0.1, 0.15) is 0 Å². The summed E-state index contributed by atoms with van der Waals surface area (Å²) in [4.78, 5) is 27.5. The average molecular weight is 354 g/mol. The highest BCUT2D eigenvalue weighted by Gasteiger charge is 2.25. The zero-order chi connectivity index (χ0) is 18.1. The van der Waals surface area contributed by atoms with E-state index >= 15 is 0 Å². The van der Waals surface area contributed by atoms with E-state index in [1.807, 2.05) is 40.0 Å². The molecule has 5 heteroatoms. The van der Waals surface area contributed by atoms with Crippen LogP contribution >= 0.6 is 11.8 Å². The molecule has 0 saturated heterocycles. The quantitative estimate of drug-likeness (QED) is 0.896. The molecule has 3 rings (SSSR count). The lowest BCUT2D eigenvalue weighted by Gasteiger charge is -2.27. The summed E-state index contributed by atoms with van der Waals surface area (Å²) in [7, 11) is 1.81. The first-order valence-corrected chi connectivity index (χ1v) is 9.20. The number of aryl methyl sites for hydroxylation is 1. The van der Waals surface area contributed by atoms with E-state index in [0.29, 0.717) is 5.56 Å². The van der Waals surface area contributed by atoms with E-state index in [1.165, 1.54) is 17.3 Å². The highest BCUT2D eigenvalue weighted by atomic mass is 32.2. The van der Waals surface area contributed by atoms with Gasteiger partial charge in [-0.15, -0.1) is 11.8 Å². The second-order valence-electron chi connectivity index (χ2n) is 6.46. The molecule has 2 aromatic rings. The molecule has 2 unspecified atom stereocenters. The highest BCUT2D eigenvalue weighted by Crippen LogP contribution is 2.36. The molecule has 0 saturated carbocycles. The molecule has 0 radical (unpaired) electrons. The van der Waals surface area contributed by atoms with E-state index in [0.717, 1.165) is 16.1 Å². The van der Waals surface area contributed by atoms with Gasteiger partial charge in [0.25, 0.3) is 5.91 Å². The van der Waals surface area contributed by atoms with E-state index in [4.69, 9.17) is 0 Å². The molecule has 1 aliphatic rings. The Bertz CT molecular complexity index is 817. The maximum Gasteiger partial charge on any atom is 0.254 e. The van der Waals surface area contributed by atoms with Crippen LogP contribution in [0.1, 0.15) is 41.4 Å². The minimum absolute atomic E-state index is 0.0246. The van der Waals surface area contributed by atoms with Crippen LogP contribution in [0.4, 0.5) is 5.69 Å². The Morgan fingerprint density at radius 1 is 1.20 bits per heavy atom. The number of amides is 2. The van der Waals surface area contributed by atoms with Crippen molar-refractivity contribution in [3.63, 3.8) is 0 Å². The van der Waals surface area contributed by atoms with E-state index in [1.54, 1.807) is 11.0 Å². The van der Waals surface area contributed by atoms with Crippen molar-refractivity contribution in [2.75, 3.05) is 12.4 Å². The molecule has 2 aromatic carbocycles. The second kappa shape index (κ2) is 6.92. The fraction of sp³-hybridized carbons (Fsp3) is 0.300. The Morgan fingerprint density at radius 3 is 2.56 bits per heavy atom. The Hall–Kier alpha value is -2.27. The molecule has 1 heterocycles. The minimum atomic E-state index is -0.113. The van der Waals surface area contributed by atoms with Crippen molar-refractivity contribution in [3.8, 4) is 0 Å². The Balaban J connectivity index is 1.82. The fourth-order valence-electron chi connectivity index (χ4n) is 2.79. The lowest BCUT2D eigenvalue weighted by molar-refractivity contribution is -0.115. The predicted octanol–water partition coefficient (Wildman–Crippen LogP) is 4.26. The summed E-state index contributed by atoms with van der Waals surface area (Å²) < 4.78 is 0. The maximum absolute atomic E-state index is 12.9. The van der Waals surface area contributed by atoms with E-state index in [-0.39, 0.29) is 23.1 Å². The number of hydrogen-bond donors (Lipinski definition) is 1. The third kappa shape index (κ3) is 3.56. The SMILES string of the molecule is Cc1ccc(C(C)N(C)C(=O)c2ccc3c(c2)NC(=O)C(C)S3)cc1. The van der Waals surface area contributed by atoms with Crippen LogP contribution in [0, 0.1) is 6.92 Å². The topological polar surface area (TPSA) is 49.4 Å². The molecule has 1 aliphatic heterocycles. The first kappa shape index (κ1) is 17.5. The summed E-state index contributed by atoms with van der Waals surface area (Å²) in [6, 6.07) is 13.7. The molecule has 0 fully saturated rings. The van der Waals surface area contributed by atoms with Gasteiger partial charge in [-0.2, -0.15) is 0 Å². The van der Waals surface area contributed by atoms with Crippen molar-refractivity contribution in [1.29, 1.82) is 0 Å². The van der Waals surface area contributed by atoms with Gasteiger partial charge >= 0.3 is 0 Å². The van der Waals surface area contributed by atoms with Crippen molar-refractivity contribution >= 4 is 29.3 Å². The predicted molar refractivity (Wildman–Crippen MR) is 102 cm³/mol. The number of carbonyl (C=O) groups is 2. The number of benzene rings is 2. The second-order valence-corrected chi connectivity index (χ2v) is 7.85. The van der Waals surface area contributed by atoms with Gasteiger partial charge in [0.2, 0.25) is 5.91 Å². The molecule has 1 N–H and O–H groups in total. The van der Waals surface area contributed by atoms with E-state index in [9.17, 15) is 9.59 Å². The number of thioether (sulfide) groups is 1. The molecule has 0 aromatic heterocycles. The zero-order valence-corrected chi connectivity index (χ0v) is 15.7. The van der Waals surface area contributed by atoms with E-state index < -0.39 is 0 Å². The van der Waals surface area contributed by atoms with Gasteiger partial charge in [0, 0.05) is 17.5 Å². The van der Waals surface area contributed by atoms with Crippen LogP contribution in [0.25, 0.3) is 0 Å². The monoisotopic (exact) mass is 354 g/mol. The minimum Gasteiger partial charge on any atom is -0.335 e. The van der Waals surface area contributed by atoms with Crippen LogP contribution in [0.3, 0.4) is 0 Å². The van der Waals surface area contributed by atoms with Gasteiger partial charge in [0.05, 0.1) is 17.0 Å². The van der Waals surface area contributed by atoms with Gasteiger partial charge < -0.3 is 10.2 Å². The van der Waals surface area contributed by atoms with Crippen molar-refractivity contribution in [2.45, 2.75) is 37.0 Å². The fourth-order valence-corrected chi connectivity index (χ4v) is 3.72. The number of nitrogens with one attached hydrogen (secondary N) is 1. The van der Waals surface area contributed by atoms with Crippen LogP contribution < -0.4 is 5.32 Å². The third-order valence-electron chi connectivity index (χ3n) is 4.62. The summed E-state index contributed by atoms with van der Waals surface area (Å²) in [6.45, 7) is 5.93. The zero-order valence-electron chi connectivity index (χ0n) is 14.9. The molecule has 4 nitrogen and oxygen atoms in total. The molecule has 2 atom stereocenters. The first-order valence-electron chi connectivity index (χ1n) is 8.32. The van der Waals surface area contributed by atoms with Crippen molar-refractivity contribution < 1.29 is 9.59 Å². The van der Waals surface area contributed by atoms with Crippen LogP contribution in [0.15, 0.2) is 47.4 Å². The summed E-state index contributed by atoms with van der Waals surface area (Å²) in [5.74, 6) is -0.0859. The lowest BCUT2D eigenvalue weighted by atomic mass is 10.0. The van der Waals surface area contributed by atoms with Crippen molar-refractivity contribution in [3.05, 3.63) is 59.2 Å². The van der Waals surface area contributed by atoms with Crippen molar-refractivity contribution in [2.24, 2.45) is 0 Å². The van der Waals surface area contributed by atoms with Crippen LogP contribution in [-0.4, -0.2) is 29.0 Å². The Labute approximate surface area is 152 Å². The smallest absolute Gasteiger partial charge is 0.254 e. The van der Waals surface area contributed by atoms with Gasteiger partial charge in [-0.3, -0.25) is 9.59 Å². The number of rotatable bonds is 3. The first-order chi connectivity index (χ1) is 11.9. The third-order valence-corrected chi connectivity index (χ3v) is 5.80. The largest absolute Gasteiger partial charge is 0.335 e. The summed E-state index contributed by atoms with van der Waals surface area (Å²) in [6.07, 6.45) is 0. The summed E-state index contributed by atoms with van der Waals surface area (Å²) in [5.41, 5.74) is 3.59. The molecular formula is C20H22N2O2S. The number of nitrogens with zero attached hydrogens (tertiary/aromatic N) is 1. The summed E-state index contributed by atoms with van der Waals surface area (Å²) in [5, 5.41) is 2.77. The lowest BCUT2D eigenvalue weighted by Crippen LogP contribution is -2.30. The standard InChI is InChI=1S/C20H22N2O2S/c1-12-5-7-15(8-6-12)13(2)22(4)20(24)16-9-10-18-17(11-16)21-19(23)14(3)25-18/h5-11,13-14H,1-4H3,(H,21,23). The Kier molecular flexibility index (Phi) is 4.86. The Morgan fingerprint density at radius 2 is 1.88 bits per heavy atom. The molecule has 2 amide bonds. The van der Waals surface area contributed by atoms with E-state index in [2.05, 4.69) is 29.6 Å². The summed E-state index contributed by atoms with van der Waals surface area (Å²) >= 11 is 1.52. The number of hydrogen-bond acceptors (Lipinski definition) is 3. The maximum atomic E-state index is 12.9. The van der Waals surface area contributed by atoms with Crippen LogP contribution in [-0.2, 0) is 4.79 Å². The van der Waals surface area contributed by atoms with Crippen molar-refractivity contribution in [1.82, 2.24) is 4.90 Å². The molecule has 0 spiro atoms. The van der Waals surface area contributed by atoms with Gasteiger partial charge in [0.15, 0.2) is 0 Å². The normalized spacial score (nSPS) is 17.4. The number of carbonyl (C=O) groups excluding carboxylic acids is 2.